The van der Waals surface area contributed by atoms with E-state index >= 15 is 0 Å². The first-order chi connectivity index (χ1) is 20.9. The maximum absolute atomic E-state index is 13.6. The first-order valence-corrected chi connectivity index (χ1v) is 14.7. The fourth-order valence-electron chi connectivity index (χ4n) is 6.11. The molecule has 1 saturated carbocycles. The number of hydrazine groups is 1. The van der Waals surface area contributed by atoms with Crippen molar-refractivity contribution in [3.05, 3.63) is 96.7 Å². The van der Waals surface area contributed by atoms with Gasteiger partial charge in [-0.3, -0.25) is 14.4 Å². The summed E-state index contributed by atoms with van der Waals surface area (Å²) in [6, 6.07) is 15.1. The first kappa shape index (κ1) is 28.4. The zero-order valence-electron chi connectivity index (χ0n) is 24.2. The van der Waals surface area contributed by atoms with Crippen LogP contribution in [-0.4, -0.2) is 80.4 Å². The van der Waals surface area contributed by atoms with Crippen molar-refractivity contribution in [1.29, 1.82) is 0 Å². The second kappa shape index (κ2) is 11.9. The molecule has 2 saturated heterocycles. The molecule has 4 amide bonds. The summed E-state index contributed by atoms with van der Waals surface area (Å²) in [6.07, 6.45) is 6.51. The predicted octanol–water partition coefficient (Wildman–Crippen LogP) is 3.55. The van der Waals surface area contributed by atoms with Crippen molar-refractivity contribution in [3.63, 3.8) is 0 Å². The summed E-state index contributed by atoms with van der Waals surface area (Å²) >= 11 is 0. The minimum Gasteiger partial charge on any atom is -0.343 e. The Balaban J connectivity index is 1.29. The highest BCUT2D eigenvalue weighted by molar-refractivity contribution is 6.10. The van der Waals surface area contributed by atoms with E-state index in [1.807, 2.05) is 59.3 Å². The van der Waals surface area contributed by atoms with Gasteiger partial charge in [-0.2, -0.15) is 0 Å². The molecule has 2 aliphatic heterocycles. The van der Waals surface area contributed by atoms with Crippen molar-refractivity contribution >= 4 is 34.5 Å². The van der Waals surface area contributed by atoms with Gasteiger partial charge in [-0.05, 0) is 24.0 Å². The van der Waals surface area contributed by atoms with Crippen LogP contribution in [-0.2, 0) is 29.2 Å². The zero-order valence-corrected chi connectivity index (χ0v) is 24.2. The van der Waals surface area contributed by atoms with Crippen molar-refractivity contribution in [1.82, 2.24) is 29.7 Å². The van der Waals surface area contributed by atoms with Gasteiger partial charge >= 0.3 is 6.03 Å². The van der Waals surface area contributed by atoms with Crippen LogP contribution < -0.4 is 5.32 Å². The number of rotatable bonds is 10. The number of hydrogen-bond acceptors (Lipinski definition) is 5. The largest absolute Gasteiger partial charge is 0.343 e. The molecule has 0 spiro atoms. The van der Waals surface area contributed by atoms with Crippen molar-refractivity contribution in [3.8, 4) is 0 Å². The standard InChI is InChI=1S/C33H36N6O4/c1-3-15-35-19-27(32(42)24-13-14-24)26-12-8-11-25(31(26)35)18-36-20-28-38(22-29(36)40)30(41)21-37(16-4-2)39(28)33(43)34-17-23-9-6-5-7-10-23/h3-12,19,24,28H,1-2,13-18,20-22H2,(H,34,43). The van der Waals surface area contributed by atoms with Crippen LogP contribution in [0.1, 0.15) is 34.3 Å². The Morgan fingerprint density at radius 2 is 1.70 bits per heavy atom. The van der Waals surface area contributed by atoms with Gasteiger partial charge in [-0.1, -0.05) is 60.7 Å². The van der Waals surface area contributed by atoms with Crippen LogP contribution >= 0.6 is 0 Å². The van der Waals surface area contributed by atoms with Crippen LogP contribution in [0.15, 0.2) is 80.0 Å². The molecule has 43 heavy (non-hydrogen) atoms. The van der Waals surface area contributed by atoms with E-state index in [4.69, 9.17) is 0 Å². The number of ketones is 1. The third kappa shape index (κ3) is 5.58. The van der Waals surface area contributed by atoms with Crippen LogP contribution in [0.4, 0.5) is 4.79 Å². The van der Waals surface area contributed by atoms with Gasteiger partial charge in [-0.15, -0.1) is 13.2 Å². The van der Waals surface area contributed by atoms with Crippen molar-refractivity contribution in [2.75, 3.05) is 26.2 Å². The highest BCUT2D eigenvalue weighted by Gasteiger charge is 2.46. The SMILES string of the molecule is C=CCN1CC(=O)N2CC(=O)N(Cc3cccc4c(C(=O)C5CC5)cn(CC=C)c34)CC2N1C(=O)NCc1ccccc1. The molecule has 222 valence electrons. The summed E-state index contributed by atoms with van der Waals surface area (Å²) < 4.78 is 2.02. The maximum atomic E-state index is 13.6. The van der Waals surface area contributed by atoms with Crippen molar-refractivity contribution in [2.24, 2.45) is 5.92 Å². The second-order valence-corrected chi connectivity index (χ2v) is 11.3. The fourth-order valence-corrected chi connectivity index (χ4v) is 6.11. The molecular weight excluding hydrogens is 544 g/mol. The number of fused-ring (bicyclic) bond motifs is 2. The molecule has 1 aromatic heterocycles. The molecule has 10 nitrogen and oxygen atoms in total. The number of hydrogen-bond donors (Lipinski definition) is 1. The number of nitrogens with one attached hydrogen (secondary N) is 1. The molecule has 3 aromatic rings. The summed E-state index contributed by atoms with van der Waals surface area (Å²) in [5.74, 6) is -0.158. The first-order valence-electron chi connectivity index (χ1n) is 14.7. The lowest BCUT2D eigenvalue weighted by Crippen LogP contribution is -2.73. The molecule has 3 fully saturated rings. The van der Waals surface area contributed by atoms with Gasteiger partial charge in [0.25, 0.3) is 0 Å². The van der Waals surface area contributed by atoms with Crippen LogP contribution in [0.3, 0.4) is 0 Å². The lowest BCUT2D eigenvalue weighted by Gasteiger charge is -2.52. The van der Waals surface area contributed by atoms with Crippen LogP contribution in [0.25, 0.3) is 10.9 Å². The summed E-state index contributed by atoms with van der Waals surface area (Å²) in [7, 11) is 0. The Morgan fingerprint density at radius 1 is 0.930 bits per heavy atom. The third-order valence-electron chi connectivity index (χ3n) is 8.34. The van der Waals surface area contributed by atoms with Gasteiger partial charge < -0.3 is 19.7 Å². The van der Waals surface area contributed by atoms with Crippen LogP contribution in [0.5, 0.6) is 0 Å². The van der Waals surface area contributed by atoms with Gasteiger partial charge in [0.05, 0.1) is 18.6 Å². The molecule has 10 heteroatoms. The van der Waals surface area contributed by atoms with Gasteiger partial charge in [0.15, 0.2) is 5.78 Å². The lowest BCUT2D eigenvalue weighted by molar-refractivity contribution is -0.180. The van der Waals surface area contributed by atoms with E-state index < -0.39 is 6.17 Å². The summed E-state index contributed by atoms with van der Waals surface area (Å²) in [4.78, 5) is 56.6. The van der Waals surface area contributed by atoms with Gasteiger partial charge in [0, 0.05) is 49.2 Å². The number of carbonyl (C=O) groups excluding carboxylic acids is 4. The monoisotopic (exact) mass is 580 g/mol. The van der Waals surface area contributed by atoms with Crippen molar-refractivity contribution < 1.29 is 19.2 Å². The van der Waals surface area contributed by atoms with E-state index in [9.17, 15) is 19.2 Å². The number of urea groups is 1. The molecule has 3 aliphatic rings. The number of allylic oxidation sites excluding steroid dienone is 1. The Labute approximate surface area is 250 Å². The lowest BCUT2D eigenvalue weighted by atomic mass is 10.0. The summed E-state index contributed by atoms with van der Waals surface area (Å²) in [5.41, 5.74) is 3.44. The van der Waals surface area contributed by atoms with E-state index in [0.29, 0.717) is 25.2 Å². The Hall–Kier alpha value is -4.70. The van der Waals surface area contributed by atoms with Crippen molar-refractivity contribution in [2.45, 2.75) is 38.6 Å². The number of carbonyl (C=O) groups is 4. The highest BCUT2D eigenvalue weighted by atomic mass is 16.2. The Morgan fingerprint density at radius 3 is 2.42 bits per heavy atom. The number of aromatic nitrogens is 1. The third-order valence-corrected chi connectivity index (χ3v) is 8.34. The molecule has 1 atom stereocenters. The number of para-hydroxylation sites is 1. The number of nitrogens with zero attached hydrogens (tertiary/aromatic N) is 5. The topological polar surface area (TPSA) is 98.2 Å². The number of benzene rings is 2. The average molecular weight is 581 g/mol. The molecular formula is C33H36N6O4. The second-order valence-electron chi connectivity index (χ2n) is 11.3. The highest BCUT2D eigenvalue weighted by Crippen LogP contribution is 2.36. The smallest absolute Gasteiger partial charge is 0.334 e. The maximum Gasteiger partial charge on any atom is 0.334 e. The van der Waals surface area contributed by atoms with Gasteiger partial charge in [-0.25, -0.2) is 14.8 Å². The van der Waals surface area contributed by atoms with E-state index in [1.54, 1.807) is 27.1 Å². The Kier molecular flexibility index (Phi) is 7.86. The number of amides is 4. The average Bonchev–Trinajstić information content (AvgIpc) is 3.79. The molecule has 6 rings (SSSR count). The van der Waals surface area contributed by atoms with E-state index in [1.165, 1.54) is 4.90 Å². The van der Waals surface area contributed by atoms with E-state index in [0.717, 1.165) is 34.9 Å². The number of piperazine rings is 1. The minimum absolute atomic E-state index is 0.0271. The summed E-state index contributed by atoms with van der Waals surface area (Å²) in [6.45, 7) is 9.12. The van der Waals surface area contributed by atoms with Crippen LogP contribution in [0, 0.1) is 5.92 Å². The normalized spacial score (nSPS) is 19.0. The zero-order chi connectivity index (χ0) is 30.1. The van der Waals surface area contributed by atoms with Gasteiger partial charge in [0.1, 0.15) is 12.7 Å². The Bertz CT molecular complexity index is 1590. The molecule has 1 aliphatic carbocycles. The van der Waals surface area contributed by atoms with E-state index in [-0.39, 0.29) is 55.7 Å². The molecule has 1 N–H and O–H groups in total. The minimum atomic E-state index is -0.680. The number of Topliss-reactive ketones (excluding diaryl/α,β-unsaturated/α-hetero) is 1. The molecule has 3 heterocycles. The molecule has 0 radical (unpaired) electrons. The predicted molar refractivity (Wildman–Crippen MR) is 162 cm³/mol. The molecule has 0 bridgehead atoms. The van der Waals surface area contributed by atoms with Gasteiger partial charge in [0.2, 0.25) is 11.8 Å². The quantitative estimate of drug-likeness (QED) is 0.292. The van der Waals surface area contributed by atoms with E-state index in [2.05, 4.69) is 18.5 Å². The molecule has 2 aromatic carbocycles. The summed E-state index contributed by atoms with van der Waals surface area (Å²) in [5, 5.41) is 7.08. The fraction of sp³-hybridized carbons (Fsp3) is 0.333. The van der Waals surface area contributed by atoms with Crippen LogP contribution in [0.2, 0.25) is 0 Å². The molecule has 1 unspecified atom stereocenters.